The van der Waals surface area contributed by atoms with E-state index in [0.29, 0.717) is 40.6 Å². The molecule has 1 spiro atoms. The van der Waals surface area contributed by atoms with Crippen LogP contribution in [0.25, 0.3) is 5.65 Å². The number of imidazole rings is 1. The average Bonchev–Trinajstić information content (AvgIpc) is 3.64. The van der Waals surface area contributed by atoms with Crippen LogP contribution in [0.5, 0.6) is 0 Å². The molecule has 11 heteroatoms. The van der Waals surface area contributed by atoms with E-state index >= 15 is 4.39 Å². The minimum Gasteiger partial charge on any atom is -0.339 e. The van der Waals surface area contributed by atoms with Crippen molar-refractivity contribution in [2.24, 2.45) is 5.92 Å². The van der Waals surface area contributed by atoms with Crippen LogP contribution in [0, 0.1) is 18.7 Å². The maximum atomic E-state index is 16.3. The van der Waals surface area contributed by atoms with Crippen molar-refractivity contribution in [3.05, 3.63) is 92.4 Å². The number of likely N-dealkylation sites (tertiary alicyclic amines) is 2. The number of hydrogen-bond acceptors (Lipinski definition) is 5. The first-order valence-corrected chi connectivity index (χ1v) is 17.5. The molecule has 0 radical (unpaired) electrons. The minimum atomic E-state index is -1.08. The van der Waals surface area contributed by atoms with Crippen LogP contribution in [0.1, 0.15) is 82.4 Å². The molecule has 2 saturated heterocycles. The molecule has 4 atom stereocenters. The number of amides is 2. The van der Waals surface area contributed by atoms with Gasteiger partial charge in [0.1, 0.15) is 11.2 Å². The van der Waals surface area contributed by atoms with E-state index in [2.05, 4.69) is 19.6 Å². The lowest BCUT2D eigenvalue weighted by Crippen LogP contribution is -2.61. The number of nitrogens with one attached hydrogen (secondary N) is 1. The predicted octanol–water partition coefficient (Wildman–Crippen LogP) is 6.56. The first kappa shape index (κ1) is 29.6. The number of rotatable bonds is 4. The molecule has 3 aliphatic heterocycles. The SMILES string of the molecule is Cc1c(C(=O)N2CCCCC2)ccn2c3c(nc12)[C@@H]1[C@H](C3)N(CC2CC2)[C@]2(Cc3ccc(Cl)cc3NC2=O)[C@H]1c1ccnc(Cl)c1F. The van der Waals surface area contributed by atoms with Gasteiger partial charge in [-0.3, -0.25) is 14.5 Å². The highest BCUT2D eigenvalue weighted by Crippen LogP contribution is 2.61. The maximum Gasteiger partial charge on any atom is 0.254 e. The van der Waals surface area contributed by atoms with Crippen LogP contribution in [-0.2, 0) is 17.6 Å². The highest BCUT2D eigenvalue weighted by Gasteiger charge is 2.67. The van der Waals surface area contributed by atoms with Crippen molar-refractivity contribution in [1.82, 2.24) is 24.2 Å². The third-order valence-electron chi connectivity index (χ3n) is 11.5. The number of nitrogens with zero attached hydrogens (tertiary/aromatic N) is 5. The number of aryl methyl sites for hydroxylation is 1. The van der Waals surface area contributed by atoms with Gasteiger partial charge in [0.2, 0.25) is 5.91 Å². The Balaban J connectivity index is 1.23. The Morgan fingerprint density at radius 3 is 2.72 bits per heavy atom. The van der Waals surface area contributed by atoms with E-state index < -0.39 is 17.3 Å². The Labute approximate surface area is 282 Å². The second kappa shape index (κ2) is 10.7. The fourth-order valence-electron chi connectivity index (χ4n) is 9.14. The molecule has 0 bridgehead atoms. The topological polar surface area (TPSA) is 82.8 Å². The molecule has 3 aromatic heterocycles. The largest absolute Gasteiger partial charge is 0.339 e. The van der Waals surface area contributed by atoms with Crippen LogP contribution < -0.4 is 5.32 Å². The van der Waals surface area contributed by atoms with Gasteiger partial charge in [-0.1, -0.05) is 29.3 Å². The monoisotopic (exact) mass is 672 g/mol. The maximum absolute atomic E-state index is 16.3. The van der Waals surface area contributed by atoms with Crippen LogP contribution >= 0.6 is 23.2 Å². The Morgan fingerprint density at radius 2 is 1.94 bits per heavy atom. The molecule has 8 nitrogen and oxygen atoms in total. The number of carbonyl (C=O) groups excluding carboxylic acids is 2. The van der Waals surface area contributed by atoms with E-state index in [0.717, 1.165) is 79.9 Å². The molecule has 47 heavy (non-hydrogen) atoms. The fraction of sp³-hybridized carbons (Fsp3) is 0.444. The van der Waals surface area contributed by atoms with E-state index in [-0.39, 0.29) is 28.9 Å². The van der Waals surface area contributed by atoms with E-state index in [1.54, 1.807) is 12.1 Å². The van der Waals surface area contributed by atoms with Gasteiger partial charge in [0.25, 0.3) is 5.91 Å². The predicted molar refractivity (Wildman–Crippen MR) is 178 cm³/mol. The van der Waals surface area contributed by atoms with Crippen LogP contribution in [-0.4, -0.2) is 67.2 Å². The van der Waals surface area contributed by atoms with Crippen LogP contribution in [0.4, 0.5) is 10.1 Å². The normalized spacial score (nSPS) is 26.9. The third-order valence-corrected chi connectivity index (χ3v) is 12.0. The highest BCUT2D eigenvalue weighted by atomic mass is 35.5. The Hall–Kier alpha value is -3.53. The summed E-state index contributed by atoms with van der Waals surface area (Å²) in [6.07, 6.45) is 9.99. The van der Waals surface area contributed by atoms with Crippen molar-refractivity contribution >= 4 is 46.4 Å². The van der Waals surface area contributed by atoms with E-state index in [1.807, 2.05) is 36.2 Å². The molecule has 1 N–H and O–H groups in total. The van der Waals surface area contributed by atoms with Gasteiger partial charge in [0.05, 0.1) is 5.69 Å². The quantitative estimate of drug-likeness (QED) is 0.248. The smallest absolute Gasteiger partial charge is 0.254 e. The standard InChI is InChI=1S/C36H35Cl2FN6O2/c1-19-23(34(46)43-12-3-2-4-13-43)10-14-44-27-16-26-28(31(27)42-33(19)44)29(24-9-11-40-32(38)30(24)39)36(45(26)18-20-5-6-20)17-21-7-8-22(37)15-25(21)41-35(36)47/h7-11,14-15,20,26,28-29H,2-6,12-13,16-18H2,1H3,(H,41,47)/t26-,28+,29-,36+/m0/s1. The van der Waals surface area contributed by atoms with E-state index in [9.17, 15) is 9.59 Å². The van der Waals surface area contributed by atoms with Crippen molar-refractivity contribution in [3.8, 4) is 0 Å². The second-order valence-electron chi connectivity index (χ2n) is 14.1. The zero-order valence-electron chi connectivity index (χ0n) is 26.1. The summed E-state index contributed by atoms with van der Waals surface area (Å²) >= 11 is 12.7. The highest BCUT2D eigenvalue weighted by molar-refractivity contribution is 6.31. The first-order chi connectivity index (χ1) is 22.8. The average molecular weight is 674 g/mol. The van der Waals surface area contributed by atoms with Crippen molar-refractivity contribution < 1.29 is 14.0 Å². The molecule has 2 aliphatic carbocycles. The number of benzene rings is 1. The lowest BCUT2D eigenvalue weighted by atomic mass is 9.69. The van der Waals surface area contributed by atoms with Crippen molar-refractivity contribution in [2.75, 3.05) is 25.0 Å². The summed E-state index contributed by atoms with van der Waals surface area (Å²) < 4.78 is 18.4. The second-order valence-corrected chi connectivity index (χ2v) is 14.9. The van der Waals surface area contributed by atoms with E-state index in [4.69, 9.17) is 28.2 Å². The number of aromatic nitrogens is 3. The summed E-state index contributed by atoms with van der Waals surface area (Å²) in [5.41, 5.74) is 5.13. The molecule has 5 aliphatic rings. The van der Waals surface area contributed by atoms with Gasteiger partial charge in [-0.2, -0.15) is 0 Å². The van der Waals surface area contributed by atoms with Gasteiger partial charge < -0.3 is 14.6 Å². The minimum absolute atomic E-state index is 0.0465. The lowest BCUT2D eigenvalue weighted by molar-refractivity contribution is -0.129. The number of hydrogen-bond donors (Lipinski definition) is 1. The molecule has 6 heterocycles. The number of carbonyl (C=O) groups is 2. The molecule has 9 rings (SSSR count). The van der Waals surface area contributed by atoms with Gasteiger partial charge in [0.15, 0.2) is 11.0 Å². The zero-order valence-corrected chi connectivity index (χ0v) is 27.6. The van der Waals surface area contributed by atoms with Crippen molar-refractivity contribution in [3.63, 3.8) is 0 Å². The van der Waals surface area contributed by atoms with Gasteiger partial charge in [-0.15, -0.1) is 0 Å². The third kappa shape index (κ3) is 4.35. The van der Waals surface area contributed by atoms with Crippen molar-refractivity contribution in [2.45, 2.75) is 75.3 Å². The molecule has 2 amide bonds. The van der Waals surface area contributed by atoms with Crippen LogP contribution in [0.3, 0.4) is 0 Å². The molecule has 1 saturated carbocycles. The first-order valence-electron chi connectivity index (χ1n) is 16.7. The van der Waals surface area contributed by atoms with Crippen LogP contribution in [0.2, 0.25) is 10.2 Å². The summed E-state index contributed by atoms with van der Waals surface area (Å²) in [6.45, 7) is 4.26. The Bertz CT molecular complexity index is 1990. The number of piperidine rings is 1. The van der Waals surface area contributed by atoms with Crippen LogP contribution in [0.15, 0.2) is 42.7 Å². The lowest BCUT2D eigenvalue weighted by Gasteiger charge is -2.46. The Morgan fingerprint density at radius 1 is 1.13 bits per heavy atom. The fourth-order valence-corrected chi connectivity index (χ4v) is 9.48. The summed E-state index contributed by atoms with van der Waals surface area (Å²) in [4.78, 5) is 42.0. The number of halogens is 3. The van der Waals surface area contributed by atoms with Gasteiger partial charge in [-0.05, 0) is 80.3 Å². The van der Waals surface area contributed by atoms with Gasteiger partial charge in [-0.25, -0.2) is 14.4 Å². The number of anilines is 1. The van der Waals surface area contributed by atoms with Crippen molar-refractivity contribution in [1.29, 1.82) is 0 Å². The summed E-state index contributed by atoms with van der Waals surface area (Å²) in [5, 5.41) is 3.53. The molecular weight excluding hydrogens is 638 g/mol. The number of fused-ring (bicyclic) bond motifs is 6. The van der Waals surface area contributed by atoms with Gasteiger partial charge >= 0.3 is 0 Å². The molecule has 1 aromatic carbocycles. The summed E-state index contributed by atoms with van der Waals surface area (Å²) in [6, 6.07) is 9.14. The molecule has 242 valence electrons. The molecule has 4 aromatic rings. The summed E-state index contributed by atoms with van der Waals surface area (Å²) in [5.74, 6) is -1.09. The zero-order chi connectivity index (χ0) is 32.2. The molecular formula is C36H35Cl2FN6O2. The van der Waals surface area contributed by atoms with Gasteiger partial charge in [0, 0.05) is 90.3 Å². The van der Waals surface area contributed by atoms with E-state index in [1.165, 1.54) is 6.20 Å². The molecule has 0 unspecified atom stereocenters. The molecule has 3 fully saturated rings. The summed E-state index contributed by atoms with van der Waals surface area (Å²) in [7, 11) is 0. The number of pyridine rings is 2. The Kier molecular flexibility index (Phi) is 6.76.